The molecule has 84 valence electrons. The maximum atomic E-state index is 7.27. The molecule has 0 fully saturated rings. The number of benzene rings is 1. The van der Waals surface area contributed by atoms with E-state index >= 15 is 0 Å². The molecule has 1 aromatic rings. The number of guanidine groups is 1. The van der Waals surface area contributed by atoms with Gasteiger partial charge in [0, 0.05) is 5.56 Å². The molecule has 0 saturated heterocycles. The largest absolute Gasteiger partial charge is 0.384 e. The van der Waals surface area contributed by atoms with Crippen LogP contribution in [0.1, 0.15) is 11.1 Å². The maximum absolute atomic E-state index is 7.27. The number of nitrogens with one attached hydrogen (secondary N) is 2. The second kappa shape index (κ2) is 5.35. The van der Waals surface area contributed by atoms with Crippen LogP contribution in [0.25, 0.3) is 0 Å². The molecule has 0 aromatic heterocycles. The zero-order valence-corrected chi connectivity index (χ0v) is 8.51. The number of nitrogen functional groups attached to an aromatic ring is 1. The first-order chi connectivity index (χ1) is 7.63. The van der Waals surface area contributed by atoms with Gasteiger partial charge in [0.1, 0.15) is 5.84 Å². The van der Waals surface area contributed by atoms with Crippen LogP contribution in [0.4, 0.5) is 0 Å². The second-order valence-electron chi connectivity index (χ2n) is 2.92. The Labute approximate surface area is 92.5 Å². The van der Waals surface area contributed by atoms with Crippen LogP contribution in [0, 0.1) is 5.41 Å². The Morgan fingerprint density at radius 3 is 2.75 bits per heavy atom. The van der Waals surface area contributed by atoms with Crippen molar-refractivity contribution in [3.8, 4) is 0 Å². The highest BCUT2D eigenvalue weighted by Crippen LogP contribution is 2.01. The molecular formula is C9H13N7. The number of rotatable bonds is 3. The number of amidine groups is 1. The molecule has 0 spiro atoms. The van der Waals surface area contributed by atoms with Crippen molar-refractivity contribution >= 4 is 18.0 Å². The lowest BCUT2D eigenvalue weighted by Crippen LogP contribution is -2.28. The second-order valence-corrected chi connectivity index (χ2v) is 2.92. The van der Waals surface area contributed by atoms with E-state index in [1.54, 1.807) is 18.2 Å². The Bertz CT molecular complexity index is 435. The Morgan fingerprint density at radius 2 is 2.12 bits per heavy atom. The Balaban J connectivity index is 2.74. The minimum atomic E-state index is 0.00578. The van der Waals surface area contributed by atoms with Gasteiger partial charge < -0.3 is 17.3 Å². The van der Waals surface area contributed by atoms with Crippen LogP contribution in [0.5, 0.6) is 0 Å². The van der Waals surface area contributed by atoms with E-state index in [-0.39, 0.29) is 11.8 Å². The van der Waals surface area contributed by atoms with E-state index in [4.69, 9.17) is 22.7 Å². The molecule has 1 rings (SSSR count). The summed E-state index contributed by atoms with van der Waals surface area (Å²) in [6, 6.07) is 7.05. The molecule has 0 amide bonds. The molecule has 0 saturated carbocycles. The molecule has 0 unspecified atom stereocenters. The molecule has 0 aliphatic rings. The van der Waals surface area contributed by atoms with Crippen molar-refractivity contribution in [1.29, 1.82) is 5.41 Å². The van der Waals surface area contributed by atoms with Crippen molar-refractivity contribution in [1.82, 2.24) is 5.43 Å². The molecule has 0 atom stereocenters. The predicted molar refractivity (Wildman–Crippen MR) is 64.0 cm³/mol. The van der Waals surface area contributed by atoms with E-state index in [1.165, 1.54) is 6.21 Å². The molecule has 16 heavy (non-hydrogen) atoms. The van der Waals surface area contributed by atoms with Crippen molar-refractivity contribution in [3.63, 3.8) is 0 Å². The molecule has 7 nitrogen and oxygen atoms in total. The molecule has 7 heteroatoms. The van der Waals surface area contributed by atoms with Crippen LogP contribution in [-0.2, 0) is 0 Å². The number of hydrogen-bond acceptors (Lipinski definition) is 4. The summed E-state index contributed by atoms with van der Waals surface area (Å²) in [5.41, 5.74) is 14.4. The first-order valence-electron chi connectivity index (χ1n) is 4.40. The van der Waals surface area contributed by atoms with Crippen LogP contribution in [-0.4, -0.2) is 18.0 Å². The third-order valence-corrected chi connectivity index (χ3v) is 1.73. The molecular weight excluding hydrogens is 206 g/mol. The summed E-state index contributed by atoms with van der Waals surface area (Å²) in [5.74, 6) is 4.92. The van der Waals surface area contributed by atoms with Gasteiger partial charge in [-0.15, -0.1) is 5.10 Å². The SMILES string of the molecule is N=C(N)c1cccc(/C=N/N/C(N)=N/N)c1. The lowest BCUT2D eigenvalue weighted by molar-refractivity contribution is 0.993. The van der Waals surface area contributed by atoms with Gasteiger partial charge in [-0.05, 0) is 11.6 Å². The summed E-state index contributed by atoms with van der Waals surface area (Å²) >= 11 is 0. The molecule has 0 aliphatic carbocycles. The summed E-state index contributed by atoms with van der Waals surface area (Å²) < 4.78 is 0. The van der Waals surface area contributed by atoms with Crippen molar-refractivity contribution in [3.05, 3.63) is 35.4 Å². The number of hydrazone groups is 2. The van der Waals surface area contributed by atoms with Crippen LogP contribution in [0.2, 0.25) is 0 Å². The zero-order valence-electron chi connectivity index (χ0n) is 8.51. The van der Waals surface area contributed by atoms with Gasteiger partial charge in [0.15, 0.2) is 0 Å². The summed E-state index contributed by atoms with van der Waals surface area (Å²) in [6.45, 7) is 0. The topological polar surface area (TPSA) is 139 Å². The summed E-state index contributed by atoms with van der Waals surface area (Å²) in [5, 5.41) is 14.2. The highest BCUT2D eigenvalue weighted by molar-refractivity contribution is 5.96. The third-order valence-electron chi connectivity index (χ3n) is 1.73. The van der Waals surface area contributed by atoms with Crippen LogP contribution in [0.3, 0.4) is 0 Å². The summed E-state index contributed by atoms with van der Waals surface area (Å²) in [6.07, 6.45) is 1.52. The first-order valence-corrected chi connectivity index (χ1v) is 4.40. The summed E-state index contributed by atoms with van der Waals surface area (Å²) in [7, 11) is 0. The van der Waals surface area contributed by atoms with Crippen molar-refractivity contribution in [2.45, 2.75) is 0 Å². The van der Waals surface area contributed by atoms with Crippen molar-refractivity contribution in [2.75, 3.05) is 0 Å². The number of nitrogens with zero attached hydrogens (tertiary/aromatic N) is 2. The van der Waals surface area contributed by atoms with E-state index in [9.17, 15) is 0 Å². The van der Waals surface area contributed by atoms with Gasteiger partial charge in [0.05, 0.1) is 6.21 Å². The van der Waals surface area contributed by atoms with Gasteiger partial charge in [-0.1, -0.05) is 18.2 Å². The quantitative estimate of drug-likeness (QED) is 0.194. The lowest BCUT2D eigenvalue weighted by Gasteiger charge is -1.99. The molecule has 1 aromatic carbocycles. The average Bonchev–Trinajstić information content (AvgIpc) is 2.29. The van der Waals surface area contributed by atoms with E-state index in [0.29, 0.717) is 5.56 Å². The zero-order chi connectivity index (χ0) is 12.0. The normalized spacial score (nSPS) is 11.6. The van der Waals surface area contributed by atoms with Crippen LogP contribution in [0.15, 0.2) is 34.5 Å². The first kappa shape index (κ1) is 11.5. The van der Waals surface area contributed by atoms with Gasteiger partial charge in [-0.2, -0.15) is 5.10 Å². The maximum Gasteiger partial charge on any atom is 0.231 e. The van der Waals surface area contributed by atoms with Gasteiger partial charge in [-0.3, -0.25) is 5.41 Å². The van der Waals surface area contributed by atoms with Gasteiger partial charge in [0.2, 0.25) is 5.96 Å². The molecule has 0 heterocycles. The molecule has 8 N–H and O–H groups in total. The van der Waals surface area contributed by atoms with Gasteiger partial charge in [0.25, 0.3) is 0 Å². The Morgan fingerprint density at radius 1 is 1.38 bits per heavy atom. The predicted octanol–water partition coefficient (Wildman–Crippen LogP) is -0.917. The van der Waals surface area contributed by atoms with E-state index in [0.717, 1.165) is 5.56 Å². The monoisotopic (exact) mass is 219 g/mol. The van der Waals surface area contributed by atoms with E-state index in [1.807, 2.05) is 6.07 Å². The number of hydrogen-bond donors (Lipinski definition) is 5. The van der Waals surface area contributed by atoms with Gasteiger partial charge >= 0.3 is 0 Å². The average molecular weight is 219 g/mol. The Hall–Kier alpha value is -2.57. The minimum Gasteiger partial charge on any atom is -0.384 e. The highest BCUT2D eigenvalue weighted by atomic mass is 15.4. The van der Waals surface area contributed by atoms with Crippen molar-refractivity contribution < 1.29 is 0 Å². The molecule has 0 radical (unpaired) electrons. The van der Waals surface area contributed by atoms with E-state index in [2.05, 4.69) is 15.6 Å². The van der Waals surface area contributed by atoms with Gasteiger partial charge in [-0.25, -0.2) is 5.43 Å². The van der Waals surface area contributed by atoms with Crippen LogP contribution >= 0.6 is 0 Å². The fourth-order valence-electron chi connectivity index (χ4n) is 0.988. The smallest absolute Gasteiger partial charge is 0.231 e. The van der Waals surface area contributed by atoms with E-state index < -0.39 is 0 Å². The minimum absolute atomic E-state index is 0.00578. The van der Waals surface area contributed by atoms with Crippen LogP contribution < -0.4 is 22.7 Å². The fourth-order valence-corrected chi connectivity index (χ4v) is 0.988. The third kappa shape index (κ3) is 3.29. The lowest BCUT2D eigenvalue weighted by atomic mass is 10.1. The molecule has 0 aliphatic heterocycles. The standard InChI is InChI=1S/C9H13N7/c10-8(11)7-3-1-2-6(4-7)5-14-16-9(12)15-13/h1-5H,13H2,(H3,10,11)(H3,12,15,16)/b14-5+. The highest BCUT2D eigenvalue weighted by Gasteiger charge is 1.96. The Kier molecular flexibility index (Phi) is 3.84. The summed E-state index contributed by atoms with van der Waals surface area (Å²) in [4.78, 5) is 0. The van der Waals surface area contributed by atoms with Crippen molar-refractivity contribution in [2.24, 2.45) is 27.5 Å². The number of nitrogens with two attached hydrogens (primary N) is 3. The molecule has 0 bridgehead atoms. The fraction of sp³-hybridized carbons (Fsp3) is 0.